The van der Waals surface area contributed by atoms with Crippen molar-refractivity contribution in [3.8, 4) is 0 Å². The average molecular weight is 413 g/mol. The third-order valence-corrected chi connectivity index (χ3v) is 5.96. The van der Waals surface area contributed by atoms with Crippen molar-refractivity contribution >= 4 is 23.5 Å². The fraction of sp³-hybridized carbons (Fsp3) is 0.500. The maximum absolute atomic E-state index is 14.7. The summed E-state index contributed by atoms with van der Waals surface area (Å²) in [6, 6.07) is 5.44. The van der Waals surface area contributed by atoms with E-state index in [0.717, 1.165) is 63.9 Å². The molecule has 0 saturated carbocycles. The van der Waals surface area contributed by atoms with Gasteiger partial charge in [0, 0.05) is 58.7 Å². The van der Waals surface area contributed by atoms with Crippen LogP contribution in [-0.4, -0.2) is 69.2 Å². The maximum atomic E-state index is 14.7. The van der Waals surface area contributed by atoms with Crippen molar-refractivity contribution < 1.29 is 9.13 Å². The summed E-state index contributed by atoms with van der Waals surface area (Å²) in [5.41, 5.74) is 2.20. The van der Waals surface area contributed by atoms with Crippen molar-refractivity contribution in [3.05, 3.63) is 42.0 Å². The van der Waals surface area contributed by atoms with Gasteiger partial charge in [0.25, 0.3) is 0 Å². The SMILES string of the molecule is COCC1CCN(c2ncc(N3CCN(c4cccc(CC=N)c4F)CC3)cn2)C1. The highest BCUT2D eigenvalue weighted by Gasteiger charge is 2.25. The van der Waals surface area contributed by atoms with Gasteiger partial charge >= 0.3 is 0 Å². The molecular weight excluding hydrogens is 383 g/mol. The summed E-state index contributed by atoms with van der Waals surface area (Å²) in [6.07, 6.45) is 6.47. The second-order valence-corrected chi connectivity index (χ2v) is 7.93. The van der Waals surface area contributed by atoms with Gasteiger partial charge in [-0.1, -0.05) is 12.1 Å². The number of halogens is 1. The molecule has 0 spiro atoms. The van der Waals surface area contributed by atoms with E-state index in [-0.39, 0.29) is 5.82 Å². The van der Waals surface area contributed by atoms with E-state index in [1.807, 2.05) is 24.5 Å². The summed E-state index contributed by atoms with van der Waals surface area (Å²) in [4.78, 5) is 15.7. The lowest BCUT2D eigenvalue weighted by molar-refractivity contribution is 0.161. The lowest BCUT2D eigenvalue weighted by Gasteiger charge is -2.37. The van der Waals surface area contributed by atoms with Gasteiger partial charge in [-0.25, -0.2) is 14.4 Å². The monoisotopic (exact) mass is 412 g/mol. The number of methoxy groups -OCH3 is 1. The minimum absolute atomic E-state index is 0.209. The molecule has 0 bridgehead atoms. The van der Waals surface area contributed by atoms with Crippen LogP contribution in [0.3, 0.4) is 0 Å². The van der Waals surface area contributed by atoms with Gasteiger partial charge in [-0.15, -0.1) is 0 Å². The quantitative estimate of drug-likeness (QED) is 0.705. The number of nitrogens with zero attached hydrogens (tertiary/aromatic N) is 5. The number of piperazine rings is 1. The molecule has 8 heteroatoms. The van der Waals surface area contributed by atoms with Gasteiger partial charge in [-0.2, -0.15) is 0 Å². The van der Waals surface area contributed by atoms with Gasteiger partial charge in [-0.3, -0.25) is 0 Å². The van der Waals surface area contributed by atoms with Gasteiger partial charge in [0.2, 0.25) is 5.95 Å². The molecule has 0 radical (unpaired) electrons. The van der Waals surface area contributed by atoms with Crippen LogP contribution in [0.2, 0.25) is 0 Å². The lowest BCUT2D eigenvalue weighted by Crippen LogP contribution is -2.47. The van der Waals surface area contributed by atoms with E-state index in [2.05, 4.69) is 24.7 Å². The van der Waals surface area contributed by atoms with Crippen LogP contribution >= 0.6 is 0 Å². The zero-order valence-corrected chi connectivity index (χ0v) is 17.4. The minimum Gasteiger partial charge on any atom is -0.384 e. The van der Waals surface area contributed by atoms with Gasteiger partial charge in [0.15, 0.2) is 0 Å². The van der Waals surface area contributed by atoms with Gasteiger partial charge in [0.1, 0.15) is 5.82 Å². The topological polar surface area (TPSA) is 68.6 Å². The number of hydrogen-bond donors (Lipinski definition) is 1. The molecule has 7 nitrogen and oxygen atoms in total. The number of hydrogen-bond acceptors (Lipinski definition) is 7. The molecule has 30 heavy (non-hydrogen) atoms. The van der Waals surface area contributed by atoms with Crippen molar-refractivity contribution in [1.29, 1.82) is 5.41 Å². The fourth-order valence-electron chi connectivity index (χ4n) is 4.31. The first-order valence-corrected chi connectivity index (χ1v) is 10.5. The second-order valence-electron chi connectivity index (χ2n) is 7.93. The first-order valence-electron chi connectivity index (χ1n) is 10.5. The molecule has 2 saturated heterocycles. The van der Waals surface area contributed by atoms with Crippen molar-refractivity contribution in [3.63, 3.8) is 0 Å². The predicted octanol–water partition coefficient (Wildman–Crippen LogP) is 2.61. The highest BCUT2D eigenvalue weighted by atomic mass is 19.1. The molecule has 2 aliphatic heterocycles. The van der Waals surface area contributed by atoms with Gasteiger partial charge in [0.05, 0.1) is 30.4 Å². The van der Waals surface area contributed by atoms with Crippen LogP contribution in [-0.2, 0) is 11.2 Å². The molecule has 2 aromatic rings. The Morgan fingerprint density at radius 2 is 1.83 bits per heavy atom. The smallest absolute Gasteiger partial charge is 0.225 e. The number of nitrogens with one attached hydrogen (secondary N) is 1. The van der Waals surface area contributed by atoms with E-state index in [1.54, 1.807) is 13.2 Å². The lowest BCUT2D eigenvalue weighted by atomic mass is 10.1. The molecule has 1 atom stereocenters. The van der Waals surface area contributed by atoms with Crippen LogP contribution in [0.25, 0.3) is 0 Å². The molecule has 2 fully saturated rings. The van der Waals surface area contributed by atoms with Crippen LogP contribution in [0, 0.1) is 17.1 Å². The number of aromatic nitrogens is 2. The van der Waals surface area contributed by atoms with E-state index in [4.69, 9.17) is 10.1 Å². The molecule has 1 aromatic heterocycles. The van der Waals surface area contributed by atoms with E-state index in [9.17, 15) is 4.39 Å². The molecular formula is C22H29FN6O. The highest BCUT2D eigenvalue weighted by Crippen LogP contribution is 2.26. The zero-order chi connectivity index (χ0) is 20.9. The average Bonchev–Trinajstić information content (AvgIpc) is 3.25. The normalized spacial score (nSPS) is 19.4. The van der Waals surface area contributed by atoms with E-state index < -0.39 is 0 Å². The molecule has 1 unspecified atom stereocenters. The van der Waals surface area contributed by atoms with Crippen LogP contribution in [0.1, 0.15) is 12.0 Å². The minimum atomic E-state index is -0.209. The standard InChI is InChI=1S/C22H29FN6O/c1-30-16-17-6-8-29(15-17)22-25-13-19(14-26-22)27-9-11-28(12-10-27)20-4-2-3-18(5-7-24)21(20)23/h2-4,7,13-14,17,24H,5-6,8-12,15-16H2,1H3. The summed E-state index contributed by atoms with van der Waals surface area (Å²) in [6.45, 7) is 5.73. The Balaban J connectivity index is 1.36. The summed E-state index contributed by atoms with van der Waals surface area (Å²) < 4.78 is 20.0. The zero-order valence-electron chi connectivity index (χ0n) is 17.4. The van der Waals surface area contributed by atoms with Crippen molar-refractivity contribution in [2.24, 2.45) is 5.92 Å². The molecule has 160 valence electrons. The molecule has 4 rings (SSSR count). The molecule has 2 aliphatic rings. The molecule has 3 heterocycles. The van der Waals surface area contributed by atoms with Crippen molar-refractivity contribution in [2.75, 3.05) is 67.7 Å². The van der Waals surface area contributed by atoms with Gasteiger partial charge < -0.3 is 24.8 Å². The summed E-state index contributed by atoms with van der Waals surface area (Å²) in [5, 5.41) is 7.24. The van der Waals surface area contributed by atoms with Crippen LogP contribution < -0.4 is 14.7 Å². The molecule has 0 amide bonds. The second kappa shape index (κ2) is 9.38. The Labute approximate surface area is 177 Å². The number of rotatable bonds is 7. The number of benzene rings is 1. The van der Waals surface area contributed by atoms with Crippen molar-refractivity contribution in [2.45, 2.75) is 12.8 Å². The Morgan fingerprint density at radius 1 is 1.10 bits per heavy atom. The Hall–Kier alpha value is -2.74. The Bertz CT molecular complexity index is 853. The van der Waals surface area contributed by atoms with E-state index in [1.165, 1.54) is 6.21 Å². The molecule has 0 aliphatic carbocycles. The first-order chi connectivity index (χ1) is 14.7. The Kier molecular flexibility index (Phi) is 6.42. The Morgan fingerprint density at radius 3 is 2.53 bits per heavy atom. The summed E-state index contributed by atoms with van der Waals surface area (Å²) in [7, 11) is 1.75. The van der Waals surface area contributed by atoms with Crippen LogP contribution in [0.5, 0.6) is 0 Å². The van der Waals surface area contributed by atoms with Crippen LogP contribution in [0.4, 0.5) is 21.7 Å². The molecule has 1 N–H and O–H groups in total. The van der Waals surface area contributed by atoms with Gasteiger partial charge in [-0.05, 0) is 24.3 Å². The number of anilines is 3. The first kappa shape index (κ1) is 20.5. The summed E-state index contributed by atoms with van der Waals surface area (Å²) >= 11 is 0. The predicted molar refractivity (Wildman–Crippen MR) is 118 cm³/mol. The highest BCUT2D eigenvalue weighted by molar-refractivity contribution is 5.61. The fourth-order valence-corrected chi connectivity index (χ4v) is 4.31. The summed E-state index contributed by atoms with van der Waals surface area (Å²) in [5.74, 6) is 1.12. The van der Waals surface area contributed by atoms with E-state index in [0.29, 0.717) is 23.6 Å². The maximum Gasteiger partial charge on any atom is 0.225 e. The number of ether oxygens (including phenoxy) is 1. The van der Waals surface area contributed by atoms with E-state index >= 15 is 0 Å². The van der Waals surface area contributed by atoms with Crippen molar-refractivity contribution in [1.82, 2.24) is 9.97 Å². The largest absolute Gasteiger partial charge is 0.384 e. The molecule has 1 aromatic carbocycles. The third kappa shape index (κ3) is 4.38. The van der Waals surface area contributed by atoms with Crippen LogP contribution in [0.15, 0.2) is 30.6 Å². The third-order valence-electron chi connectivity index (χ3n) is 5.96.